The maximum atomic E-state index is 11.2. The van der Waals surface area contributed by atoms with E-state index in [2.05, 4.69) is 10.3 Å². The third-order valence-corrected chi connectivity index (χ3v) is 2.52. The van der Waals surface area contributed by atoms with Gasteiger partial charge in [-0.25, -0.2) is 4.98 Å². The minimum Gasteiger partial charge on any atom is -0.389 e. The molecule has 0 spiro atoms. The van der Waals surface area contributed by atoms with Crippen molar-refractivity contribution < 1.29 is 14.7 Å². The number of amides is 2. The molecule has 0 saturated carbocycles. The smallest absolute Gasteiger partial charge is 0.246 e. The molecule has 0 bridgehead atoms. The van der Waals surface area contributed by atoms with Gasteiger partial charge in [0, 0.05) is 6.20 Å². The Balaban J connectivity index is 2.16. The number of anilines is 1. The van der Waals surface area contributed by atoms with Crippen molar-refractivity contribution in [2.24, 2.45) is 0 Å². The maximum Gasteiger partial charge on any atom is 0.246 e. The molecule has 0 aromatic carbocycles. The zero-order valence-electron chi connectivity index (χ0n) is 9.38. The first-order valence-corrected chi connectivity index (χ1v) is 5.28. The summed E-state index contributed by atoms with van der Waals surface area (Å²) < 4.78 is 0. The summed E-state index contributed by atoms with van der Waals surface area (Å²) in [7, 11) is 0. The number of aliphatic hydroxyl groups is 1. The van der Waals surface area contributed by atoms with E-state index in [-0.39, 0.29) is 24.9 Å². The SMILES string of the molecule is C[C@H](O)c1ccc(N2CC(=O)NC(=O)C2)nc1. The lowest BCUT2D eigenvalue weighted by Gasteiger charge is -2.26. The number of nitrogens with zero attached hydrogens (tertiary/aromatic N) is 2. The minimum atomic E-state index is -0.581. The standard InChI is InChI=1S/C11H13N3O3/c1-7(15)8-2-3-9(12-4-8)14-5-10(16)13-11(17)6-14/h2-4,7,15H,5-6H2,1H3,(H,13,16,17)/t7-/m0/s1. The fourth-order valence-electron chi connectivity index (χ4n) is 1.63. The third kappa shape index (κ3) is 2.59. The topological polar surface area (TPSA) is 82.5 Å². The van der Waals surface area contributed by atoms with E-state index in [1.165, 1.54) is 6.20 Å². The first-order chi connectivity index (χ1) is 8.06. The van der Waals surface area contributed by atoms with Crippen LogP contribution in [-0.2, 0) is 9.59 Å². The first-order valence-electron chi connectivity index (χ1n) is 5.28. The van der Waals surface area contributed by atoms with Gasteiger partial charge in [0.25, 0.3) is 0 Å². The number of piperazine rings is 1. The molecule has 1 aromatic heterocycles. The molecule has 1 fully saturated rings. The molecule has 0 aliphatic carbocycles. The van der Waals surface area contributed by atoms with Gasteiger partial charge in [-0.05, 0) is 18.6 Å². The van der Waals surface area contributed by atoms with Crippen LogP contribution >= 0.6 is 0 Å². The van der Waals surface area contributed by atoms with E-state index in [0.29, 0.717) is 11.4 Å². The lowest BCUT2D eigenvalue weighted by atomic mass is 10.2. The Bertz CT molecular complexity index is 426. The van der Waals surface area contributed by atoms with Gasteiger partial charge >= 0.3 is 0 Å². The van der Waals surface area contributed by atoms with Crippen LogP contribution in [0.15, 0.2) is 18.3 Å². The van der Waals surface area contributed by atoms with Crippen molar-refractivity contribution in [2.75, 3.05) is 18.0 Å². The van der Waals surface area contributed by atoms with Crippen LogP contribution in [0.4, 0.5) is 5.82 Å². The van der Waals surface area contributed by atoms with Gasteiger partial charge in [0.15, 0.2) is 0 Å². The molecule has 0 radical (unpaired) electrons. The third-order valence-electron chi connectivity index (χ3n) is 2.52. The number of hydrogen-bond acceptors (Lipinski definition) is 5. The Morgan fingerprint density at radius 1 is 1.35 bits per heavy atom. The molecule has 17 heavy (non-hydrogen) atoms. The highest BCUT2D eigenvalue weighted by Crippen LogP contribution is 2.16. The van der Waals surface area contributed by atoms with E-state index in [4.69, 9.17) is 0 Å². The Morgan fingerprint density at radius 3 is 2.47 bits per heavy atom. The van der Waals surface area contributed by atoms with Crippen molar-refractivity contribution in [1.29, 1.82) is 0 Å². The highest BCUT2D eigenvalue weighted by atomic mass is 16.3. The summed E-state index contributed by atoms with van der Waals surface area (Å²) in [5, 5.41) is 11.6. The molecule has 1 aliphatic rings. The van der Waals surface area contributed by atoms with Crippen molar-refractivity contribution in [3.05, 3.63) is 23.9 Å². The van der Waals surface area contributed by atoms with Gasteiger partial charge in [-0.15, -0.1) is 0 Å². The largest absolute Gasteiger partial charge is 0.389 e. The van der Waals surface area contributed by atoms with E-state index in [1.807, 2.05) is 0 Å². The van der Waals surface area contributed by atoms with Crippen molar-refractivity contribution in [1.82, 2.24) is 10.3 Å². The van der Waals surface area contributed by atoms with Gasteiger partial charge in [-0.3, -0.25) is 14.9 Å². The van der Waals surface area contributed by atoms with Gasteiger partial charge in [0.2, 0.25) is 11.8 Å². The quantitative estimate of drug-likeness (QED) is 0.681. The summed E-state index contributed by atoms with van der Waals surface area (Å²) >= 11 is 0. The second-order valence-electron chi connectivity index (χ2n) is 3.95. The molecular weight excluding hydrogens is 222 g/mol. The summed E-state index contributed by atoms with van der Waals surface area (Å²) in [6.45, 7) is 1.88. The summed E-state index contributed by atoms with van der Waals surface area (Å²) in [6, 6.07) is 3.41. The van der Waals surface area contributed by atoms with Crippen molar-refractivity contribution >= 4 is 17.6 Å². The number of rotatable bonds is 2. The van der Waals surface area contributed by atoms with E-state index in [0.717, 1.165) is 0 Å². The minimum absolute atomic E-state index is 0.118. The molecule has 1 saturated heterocycles. The monoisotopic (exact) mass is 235 g/mol. The lowest BCUT2D eigenvalue weighted by Crippen LogP contribution is -2.51. The first kappa shape index (κ1) is 11.5. The van der Waals surface area contributed by atoms with Crippen LogP contribution in [0.3, 0.4) is 0 Å². The van der Waals surface area contributed by atoms with Gasteiger partial charge in [0.05, 0.1) is 19.2 Å². The van der Waals surface area contributed by atoms with Crippen molar-refractivity contribution in [3.63, 3.8) is 0 Å². The summed E-state index contributed by atoms with van der Waals surface area (Å²) in [5.74, 6) is -0.108. The molecule has 1 aromatic rings. The Kier molecular flexibility index (Phi) is 3.06. The number of carbonyl (C=O) groups excluding carboxylic acids is 2. The second-order valence-corrected chi connectivity index (χ2v) is 3.95. The maximum absolute atomic E-state index is 11.2. The van der Waals surface area contributed by atoms with Crippen molar-refractivity contribution in [2.45, 2.75) is 13.0 Å². The van der Waals surface area contributed by atoms with Gasteiger partial charge in [-0.1, -0.05) is 6.07 Å². The molecule has 2 N–H and O–H groups in total. The van der Waals surface area contributed by atoms with Crippen LogP contribution < -0.4 is 10.2 Å². The van der Waals surface area contributed by atoms with E-state index in [9.17, 15) is 14.7 Å². The highest BCUT2D eigenvalue weighted by Gasteiger charge is 2.23. The van der Waals surface area contributed by atoms with Crippen LogP contribution in [0.25, 0.3) is 0 Å². The normalized spacial score (nSPS) is 17.9. The number of carbonyl (C=O) groups is 2. The summed E-state index contributed by atoms with van der Waals surface area (Å²) in [5.41, 5.74) is 0.696. The van der Waals surface area contributed by atoms with E-state index < -0.39 is 6.10 Å². The summed E-state index contributed by atoms with van der Waals surface area (Å²) in [4.78, 5) is 28.1. The molecular formula is C11H13N3O3. The highest BCUT2D eigenvalue weighted by molar-refractivity contribution is 6.02. The van der Waals surface area contributed by atoms with Gasteiger partial charge < -0.3 is 10.0 Å². The van der Waals surface area contributed by atoms with Crippen LogP contribution in [0.2, 0.25) is 0 Å². The van der Waals surface area contributed by atoms with E-state index in [1.54, 1.807) is 24.0 Å². The molecule has 6 nitrogen and oxygen atoms in total. The number of nitrogens with one attached hydrogen (secondary N) is 1. The predicted molar refractivity (Wildman–Crippen MR) is 60.2 cm³/mol. The van der Waals surface area contributed by atoms with Gasteiger partial charge in [-0.2, -0.15) is 0 Å². The molecule has 90 valence electrons. The van der Waals surface area contributed by atoms with Crippen LogP contribution in [-0.4, -0.2) is 35.0 Å². The van der Waals surface area contributed by atoms with Crippen LogP contribution in [0.5, 0.6) is 0 Å². The number of imide groups is 1. The van der Waals surface area contributed by atoms with E-state index >= 15 is 0 Å². The number of aromatic nitrogens is 1. The molecule has 1 aliphatic heterocycles. The number of hydrogen-bond donors (Lipinski definition) is 2. The molecule has 6 heteroatoms. The zero-order valence-corrected chi connectivity index (χ0v) is 9.38. The van der Waals surface area contributed by atoms with Crippen LogP contribution in [0, 0.1) is 0 Å². The van der Waals surface area contributed by atoms with Crippen molar-refractivity contribution in [3.8, 4) is 0 Å². The molecule has 2 amide bonds. The Labute approximate surface area is 98.3 Å². The van der Waals surface area contributed by atoms with Gasteiger partial charge in [0.1, 0.15) is 5.82 Å². The Morgan fingerprint density at radius 2 is 2.00 bits per heavy atom. The second kappa shape index (κ2) is 4.50. The van der Waals surface area contributed by atoms with Crippen LogP contribution in [0.1, 0.15) is 18.6 Å². The fourth-order valence-corrected chi connectivity index (χ4v) is 1.63. The zero-order chi connectivity index (χ0) is 12.4. The Hall–Kier alpha value is -1.95. The molecule has 0 unspecified atom stereocenters. The molecule has 2 rings (SSSR count). The molecule has 2 heterocycles. The average Bonchev–Trinajstić information content (AvgIpc) is 2.28. The fraction of sp³-hybridized carbons (Fsp3) is 0.364. The molecule has 1 atom stereocenters. The summed E-state index contributed by atoms with van der Waals surface area (Å²) in [6.07, 6.45) is 0.958. The predicted octanol–water partition coefficient (Wildman–Crippen LogP) is -0.402. The average molecular weight is 235 g/mol. The lowest BCUT2D eigenvalue weighted by molar-refractivity contribution is -0.130. The number of aliphatic hydroxyl groups excluding tert-OH is 1. The number of pyridine rings is 1.